The SMILES string of the molecule is O=C1N(C2CCC(O)CC2)CC[C@]12CCCN(c1nc3ccccc3s1)C2. The molecular weight excluding hydrogens is 358 g/mol. The Bertz CT molecular complexity index is 812. The molecule has 3 heterocycles. The van der Waals surface area contributed by atoms with E-state index < -0.39 is 0 Å². The molecule has 27 heavy (non-hydrogen) atoms. The molecule has 0 bridgehead atoms. The van der Waals surface area contributed by atoms with Crippen molar-refractivity contribution in [1.29, 1.82) is 0 Å². The fourth-order valence-electron chi connectivity index (χ4n) is 5.23. The lowest BCUT2D eigenvalue weighted by Gasteiger charge is -2.40. The molecule has 2 saturated heterocycles. The zero-order chi connectivity index (χ0) is 18.4. The smallest absolute Gasteiger partial charge is 0.230 e. The van der Waals surface area contributed by atoms with E-state index in [1.807, 2.05) is 6.07 Å². The topological polar surface area (TPSA) is 56.7 Å². The van der Waals surface area contributed by atoms with Gasteiger partial charge in [-0.05, 0) is 57.1 Å². The highest BCUT2D eigenvalue weighted by molar-refractivity contribution is 7.22. The van der Waals surface area contributed by atoms with Gasteiger partial charge in [-0.2, -0.15) is 0 Å². The summed E-state index contributed by atoms with van der Waals surface area (Å²) in [6, 6.07) is 8.61. The van der Waals surface area contributed by atoms with Crippen LogP contribution < -0.4 is 4.90 Å². The average Bonchev–Trinajstić information content (AvgIpc) is 3.25. The number of carbonyl (C=O) groups is 1. The average molecular weight is 386 g/mol. The van der Waals surface area contributed by atoms with E-state index >= 15 is 0 Å². The van der Waals surface area contributed by atoms with E-state index in [9.17, 15) is 9.90 Å². The normalized spacial score (nSPS) is 32.0. The van der Waals surface area contributed by atoms with Crippen molar-refractivity contribution in [3.05, 3.63) is 24.3 Å². The van der Waals surface area contributed by atoms with Crippen molar-refractivity contribution in [1.82, 2.24) is 9.88 Å². The molecule has 0 unspecified atom stereocenters. The van der Waals surface area contributed by atoms with Gasteiger partial charge in [0.25, 0.3) is 0 Å². The third-order valence-corrected chi connectivity index (χ3v) is 7.88. The van der Waals surface area contributed by atoms with E-state index in [2.05, 4.69) is 28.0 Å². The van der Waals surface area contributed by atoms with Gasteiger partial charge in [0.1, 0.15) is 0 Å². The van der Waals surface area contributed by atoms with Gasteiger partial charge in [-0.1, -0.05) is 23.5 Å². The number of thiazole rings is 1. The number of anilines is 1. The van der Waals surface area contributed by atoms with Gasteiger partial charge < -0.3 is 14.9 Å². The van der Waals surface area contributed by atoms with Crippen LogP contribution in [-0.2, 0) is 4.79 Å². The standard InChI is InChI=1S/C21H27N3O2S/c25-16-8-6-15(7-9-16)24-13-11-21(19(24)26)10-3-12-23(14-21)20-22-17-4-1-2-5-18(17)27-20/h1-2,4-5,15-16,25H,3,6-14H2/t15?,16?,21-/m0/s1. The van der Waals surface area contributed by atoms with Crippen LogP contribution in [0.4, 0.5) is 5.13 Å². The summed E-state index contributed by atoms with van der Waals surface area (Å²) in [4.78, 5) is 22.8. The monoisotopic (exact) mass is 385 g/mol. The van der Waals surface area contributed by atoms with Crippen LogP contribution in [0.2, 0.25) is 0 Å². The maximum atomic E-state index is 13.4. The fraction of sp³-hybridized carbons (Fsp3) is 0.619. The van der Waals surface area contributed by atoms with Crippen molar-refractivity contribution < 1.29 is 9.90 Å². The number of para-hydroxylation sites is 1. The van der Waals surface area contributed by atoms with Crippen molar-refractivity contribution >= 4 is 32.6 Å². The minimum absolute atomic E-state index is 0.169. The molecule has 0 radical (unpaired) electrons. The molecule has 6 heteroatoms. The van der Waals surface area contributed by atoms with Gasteiger partial charge >= 0.3 is 0 Å². The molecule has 144 valence electrons. The third-order valence-electron chi connectivity index (χ3n) is 6.78. The molecule has 2 aromatic rings. The van der Waals surface area contributed by atoms with E-state index in [-0.39, 0.29) is 11.5 Å². The van der Waals surface area contributed by atoms with E-state index in [0.717, 1.165) is 75.2 Å². The van der Waals surface area contributed by atoms with Gasteiger partial charge in [0.15, 0.2) is 5.13 Å². The Kier molecular flexibility index (Phi) is 4.36. The van der Waals surface area contributed by atoms with Crippen LogP contribution in [0, 0.1) is 5.41 Å². The second-order valence-corrected chi connectivity index (χ2v) is 9.49. The van der Waals surface area contributed by atoms with E-state index in [1.165, 1.54) is 4.70 Å². The van der Waals surface area contributed by atoms with Gasteiger partial charge in [0.2, 0.25) is 5.91 Å². The minimum Gasteiger partial charge on any atom is -0.393 e. The zero-order valence-electron chi connectivity index (χ0n) is 15.6. The molecule has 1 atom stereocenters. The Morgan fingerprint density at radius 2 is 1.93 bits per heavy atom. The third kappa shape index (κ3) is 3.03. The molecule has 5 nitrogen and oxygen atoms in total. The van der Waals surface area contributed by atoms with Crippen LogP contribution in [0.1, 0.15) is 44.9 Å². The first-order valence-electron chi connectivity index (χ1n) is 10.2. The largest absolute Gasteiger partial charge is 0.393 e. The molecule has 1 saturated carbocycles. The lowest BCUT2D eigenvalue weighted by molar-refractivity contribution is -0.139. The molecule has 1 N–H and O–H groups in total. The Morgan fingerprint density at radius 1 is 1.11 bits per heavy atom. The molecule has 1 aromatic carbocycles. The Balaban J connectivity index is 1.35. The summed E-state index contributed by atoms with van der Waals surface area (Å²) < 4.78 is 1.22. The van der Waals surface area contributed by atoms with Crippen molar-refractivity contribution in [2.45, 2.75) is 57.1 Å². The summed E-state index contributed by atoms with van der Waals surface area (Å²) in [5.74, 6) is 0.356. The molecule has 1 aliphatic carbocycles. The zero-order valence-corrected chi connectivity index (χ0v) is 16.5. The molecule has 3 aliphatic rings. The molecule has 5 rings (SSSR count). The summed E-state index contributed by atoms with van der Waals surface area (Å²) >= 11 is 1.74. The number of likely N-dealkylation sites (tertiary alicyclic amines) is 1. The highest BCUT2D eigenvalue weighted by Crippen LogP contribution is 2.44. The van der Waals surface area contributed by atoms with E-state index in [4.69, 9.17) is 4.98 Å². The van der Waals surface area contributed by atoms with Gasteiger partial charge in [0, 0.05) is 25.7 Å². The number of carbonyl (C=O) groups excluding carboxylic acids is 1. The number of amides is 1. The predicted octanol–water partition coefficient (Wildman–Crippen LogP) is 3.42. The fourth-order valence-corrected chi connectivity index (χ4v) is 6.23. The maximum absolute atomic E-state index is 13.4. The number of aliphatic hydroxyl groups excluding tert-OH is 1. The summed E-state index contributed by atoms with van der Waals surface area (Å²) in [6.07, 6.45) is 6.41. The number of aromatic nitrogens is 1. The van der Waals surface area contributed by atoms with Crippen molar-refractivity contribution in [2.24, 2.45) is 5.41 Å². The number of benzene rings is 1. The van der Waals surface area contributed by atoms with Gasteiger partial charge in [0.05, 0.1) is 21.7 Å². The molecule has 1 aromatic heterocycles. The first-order chi connectivity index (χ1) is 13.1. The Labute approximate surface area is 164 Å². The number of fused-ring (bicyclic) bond motifs is 1. The van der Waals surface area contributed by atoms with Crippen LogP contribution >= 0.6 is 11.3 Å². The van der Waals surface area contributed by atoms with Gasteiger partial charge in [-0.3, -0.25) is 4.79 Å². The molecule has 1 spiro atoms. The van der Waals surface area contributed by atoms with Crippen LogP contribution in [0.3, 0.4) is 0 Å². The first-order valence-corrected chi connectivity index (χ1v) is 11.1. The van der Waals surface area contributed by atoms with E-state index in [0.29, 0.717) is 11.9 Å². The molecular formula is C21H27N3O2S. The van der Waals surface area contributed by atoms with Crippen LogP contribution in [0.25, 0.3) is 10.2 Å². The Morgan fingerprint density at radius 3 is 2.74 bits per heavy atom. The quantitative estimate of drug-likeness (QED) is 0.861. The number of hydrogen-bond donors (Lipinski definition) is 1. The summed E-state index contributed by atoms with van der Waals surface area (Å²) in [5.41, 5.74) is 0.823. The minimum atomic E-state index is -0.230. The summed E-state index contributed by atoms with van der Waals surface area (Å²) in [5, 5.41) is 10.8. The maximum Gasteiger partial charge on any atom is 0.230 e. The highest BCUT2D eigenvalue weighted by atomic mass is 32.1. The van der Waals surface area contributed by atoms with Crippen LogP contribution in [0.5, 0.6) is 0 Å². The second kappa shape index (κ2) is 6.74. The van der Waals surface area contributed by atoms with Gasteiger partial charge in [-0.15, -0.1) is 0 Å². The lowest BCUT2D eigenvalue weighted by Crippen LogP contribution is -2.50. The number of nitrogens with zero attached hydrogens (tertiary/aromatic N) is 3. The molecule has 1 amide bonds. The second-order valence-electron chi connectivity index (χ2n) is 8.48. The predicted molar refractivity (Wildman–Crippen MR) is 108 cm³/mol. The van der Waals surface area contributed by atoms with Gasteiger partial charge in [-0.25, -0.2) is 4.98 Å². The highest BCUT2D eigenvalue weighted by Gasteiger charge is 2.50. The molecule has 3 fully saturated rings. The number of hydrogen-bond acceptors (Lipinski definition) is 5. The van der Waals surface area contributed by atoms with Crippen LogP contribution in [0.15, 0.2) is 24.3 Å². The number of aliphatic hydroxyl groups is 1. The number of piperidine rings is 1. The van der Waals surface area contributed by atoms with Crippen molar-refractivity contribution in [3.63, 3.8) is 0 Å². The summed E-state index contributed by atoms with van der Waals surface area (Å²) in [7, 11) is 0. The molecule has 2 aliphatic heterocycles. The number of rotatable bonds is 2. The van der Waals surface area contributed by atoms with Crippen molar-refractivity contribution in [2.75, 3.05) is 24.5 Å². The Hall–Kier alpha value is -1.66. The summed E-state index contributed by atoms with van der Waals surface area (Å²) in [6.45, 7) is 2.68. The lowest BCUT2D eigenvalue weighted by atomic mass is 9.78. The van der Waals surface area contributed by atoms with Crippen molar-refractivity contribution in [3.8, 4) is 0 Å². The first kappa shape index (κ1) is 17.4. The van der Waals surface area contributed by atoms with E-state index in [1.54, 1.807) is 11.3 Å². The van der Waals surface area contributed by atoms with Crippen LogP contribution in [-0.4, -0.2) is 52.7 Å².